The van der Waals surface area contributed by atoms with Crippen LogP contribution in [0.4, 0.5) is 0 Å². The fourth-order valence-electron chi connectivity index (χ4n) is 2.45. The van der Waals surface area contributed by atoms with Gasteiger partial charge in [0.1, 0.15) is 0 Å². The normalized spacial score (nSPS) is 35.9. The topological polar surface area (TPSA) is 20.3 Å². The molecule has 2 bridgehead atoms. The Morgan fingerprint density at radius 1 is 1.27 bits per heavy atom. The highest BCUT2D eigenvalue weighted by Crippen LogP contribution is 2.34. The molecule has 1 saturated carbocycles. The third-order valence-corrected chi connectivity index (χ3v) is 3.12. The number of carbonyl (C=O) groups is 1. The highest BCUT2D eigenvalue weighted by atomic mass is 16.2. The average Bonchev–Trinajstić information content (AvgIpc) is 2.06. The van der Waals surface area contributed by atoms with Gasteiger partial charge < -0.3 is 4.90 Å². The monoisotopic (exact) mass is 153 g/mol. The number of carbonyl (C=O) groups excluding carboxylic acids is 1. The molecule has 1 aliphatic carbocycles. The maximum absolute atomic E-state index is 11.1. The van der Waals surface area contributed by atoms with Crippen LogP contribution in [0.2, 0.25) is 0 Å². The van der Waals surface area contributed by atoms with Gasteiger partial charge in [0.2, 0.25) is 5.91 Å². The van der Waals surface area contributed by atoms with Crippen molar-refractivity contribution in [2.45, 2.75) is 38.6 Å². The van der Waals surface area contributed by atoms with Gasteiger partial charge in [-0.1, -0.05) is 0 Å². The van der Waals surface area contributed by atoms with E-state index in [-0.39, 0.29) is 5.91 Å². The Bertz CT molecular complexity index is 170. The van der Waals surface area contributed by atoms with Crippen molar-refractivity contribution in [2.75, 3.05) is 6.54 Å². The fourth-order valence-corrected chi connectivity index (χ4v) is 2.45. The first-order valence-electron chi connectivity index (χ1n) is 4.54. The van der Waals surface area contributed by atoms with E-state index in [1.807, 2.05) is 0 Å². The van der Waals surface area contributed by atoms with Crippen molar-refractivity contribution in [3.05, 3.63) is 0 Å². The summed E-state index contributed by atoms with van der Waals surface area (Å²) in [6, 6.07) is 0.595. The standard InChI is InChI=1S/C9H15NO/c1-7(11)10-6-8-2-4-9(10)5-3-8/h8-9H,2-6H2,1H3. The minimum absolute atomic E-state index is 0.277. The number of hydrogen-bond acceptors (Lipinski definition) is 1. The summed E-state index contributed by atoms with van der Waals surface area (Å²) in [4.78, 5) is 13.2. The van der Waals surface area contributed by atoms with E-state index in [2.05, 4.69) is 4.90 Å². The van der Waals surface area contributed by atoms with Crippen molar-refractivity contribution in [1.82, 2.24) is 4.90 Å². The zero-order chi connectivity index (χ0) is 7.84. The molecular formula is C9H15NO. The minimum atomic E-state index is 0.277. The van der Waals surface area contributed by atoms with E-state index in [1.165, 1.54) is 25.7 Å². The molecule has 0 N–H and O–H groups in total. The lowest BCUT2D eigenvalue weighted by molar-refractivity contribution is -0.136. The van der Waals surface area contributed by atoms with Gasteiger partial charge in [0.15, 0.2) is 0 Å². The van der Waals surface area contributed by atoms with Crippen LogP contribution in [0.5, 0.6) is 0 Å². The molecule has 0 atom stereocenters. The van der Waals surface area contributed by atoms with Gasteiger partial charge in [-0.2, -0.15) is 0 Å². The van der Waals surface area contributed by atoms with Gasteiger partial charge in [-0.15, -0.1) is 0 Å². The molecule has 0 aromatic carbocycles. The van der Waals surface area contributed by atoms with Crippen molar-refractivity contribution < 1.29 is 4.79 Å². The average molecular weight is 153 g/mol. The van der Waals surface area contributed by atoms with E-state index < -0.39 is 0 Å². The highest BCUT2D eigenvalue weighted by molar-refractivity contribution is 5.73. The Hall–Kier alpha value is -0.530. The van der Waals surface area contributed by atoms with E-state index in [1.54, 1.807) is 6.92 Å². The Balaban J connectivity index is 2.08. The predicted molar refractivity (Wildman–Crippen MR) is 43.1 cm³/mol. The number of amides is 1. The van der Waals surface area contributed by atoms with E-state index in [4.69, 9.17) is 0 Å². The number of fused-ring (bicyclic) bond motifs is 3. The smallest absolute Gasteiger partial charge is 0.219 e. The summed E-state index contributed by atoms with van der Waals surface area (Å²) in [5.74, 6) is 1.10. The number of piperidine rings is 2. The van der Waals surface area contributed by atoms with Crippen molar-refractivity contribution in [1.29, 1.82) is 0 Å². The first-order chi connectivity index (χ1) is 5.27. The van der Waals surface area contributed by atoms with Crippen molar-refractivity contribution >= 4 is 5.91 Å². The lowest BCUT2D eigenvalue weighted by Crippen LogP contribution is -2.49. The van der Waals surface area contributed by atoms with Gasteiger partial charge in [0.05, 0.1) is 0 Å². The van der Waals surface area contributed by atoms with Gasteiger partial charge in [0, 0.05) is 19.5 Å². The third kappa shape index (κ3) is 1.15. The molecule has 11 heavy (non-hydrogen) atoms. The van der Waals surface area contributed by atoms with Crippen molar-refractivity contribution in [3.63, 3.8) is 0 Å². The SMILES string of the molecule is CC(=O)N1CC2CCC1CC2. The minimum Gasteiger partial charge on any atom is -0.340 e. The van der Waals surface area contributed by atoms with Gasteiger partial charge in [0.25, 0.3) is 0 Å². The van der Waals surface area contributed by atoms with Crippen molar-refractivity contribution in [3.8, 4) is 0 Å². The van der Waals surface area contributed by atoms with Gasteiger partial charge in [-0.3, -0.25) is 4.79 Å². The lowest BCUT2D eigenvalue weighted by Gasteiger charge is -2.44. The molecule has 2 heteroatoms. The van der Waals surface area contributed by atoms with E-state index >= 15 is 0 Å². The van der Waals surface area contributed by atoms with Crippen LogP contribution in [0, 0.1) is 5.92 Å². The first kappa shape index (κ1) is 7.14. The van der Waals surface area contributed by atoms with Gasteiger partial charge in [-0.25, -0.2) is 0 Å². The van der Waals surface area contributed by atoms with Crippen LogP contribution in [0.15, 0.2) is 0 Å². The fraction of sp³-hybridized carbons (Fsp3) is 0.889. The molecular weight excluding hydrogens is 138 g/mol. The van der Waals surface area contributed by atoms with Gasteiger partial charge >= 0.3 is 0 Å². The second-order valence-corrected chi connectivity index (χ2v) is 3.85. The second-order valence-electron chi connectivity index (χ2n) is 3.85. The Morgan fingerprint density at radius 3 is 2.18 bits per heavy atom. The molecule has 0 aromatic rings. The highest BCUT2D eigenvalue weighted by Gasteiger charge is 2.34. The summed E-state index contributed by atoms with van der Waals surface area (Å²) in [6.07, 6.45) is 5.22. The molecule has 2 heterocycles. The number of nitrogens with zero attached hydrogens (tertiary/aromatic N) is 1. The number of hydrogen-bond donors (Lipinski definition) is 0. The predicted octanol–water partition coefficient (Wildman–Crippen LogP) is 1.41. The largest absolute Gasteiger partial charge is 0.340 e. The van der Waals surface area contributed by atoms with Crippen LogP contribution >= 0.6 is 0 Å². The van der Waals surface area contributed by atoms with E-state index in [9.17, 15) is 4.79 Å². The maximum atomic E-state index is 11.1. The molecule has 2 nitrogen and oxygen atoms in total. The Labute approximate surface area is 67.6 Å². The molecule has 62 valence electrons. The van der Waals surface area contributed by atoms with Crippen molar-refractivity contribution in [2.24, 2.45) is 5.92 Å². The first-order valence-corrected chi connectivity index (χ1v) is 4.54. The molecule has 0 unspecified atom stereocenters. The quantitative estimate of drug-likeness (QED) is 0.515. The summed E-state index contributed by atoms with van der Waals surface area (Å²) in [5, 5.41) is 0. The Kier molecular flexibility index (Phi) is 1.63. The zero-order valence-electron chi connectivity index (χ0n) is 7.05. The number of rotatable bonds is 0. The Morgan fingerprint density at radius 2 is 1.91 bits per heavy atom. The molecule has 0 spiro atoms. The molecule has 2 aliphatic heterocycles. The second kappa shape index (κ2) is 2.50. The van der Waals surface area contributed by atoms with Crippen LogP contribution in [0.25, 0.3) is 0 Å². The molecule has 0 radical (unpaired) electrons. The van der Waals surface area contributed by atoms with E-state index in [0.29, 0.717) is 6.04 Å². The van der Waals surface area contributed by atoms with Gasteiger partial charge in [-0.05, 0) is 31.6 Å². The summed E-state index contributed by atoms with van der Waals surface area (Å²) in [7, 11) is 0. The maximum Gasteiger partial charge on any atom is 0.219 e. The summed E-state index contributed by atoms with van der Waals surface area (Å²) < 4.78 is 0. The van der Waals surface area contributed by atoms with Crippen LogP contribution in [-0.4, -0.2) is 23.4 Å². The van der Waals surface area contributed by atoms with Crippen LogP contribution in [-0.2, 0) is 4.79 Å². The van der Waals surface area contributed by atoms with Crippen LogP contribution < -0.4 is 0 Å². The third-order valence-electron chi connectivity index (χ3n) is 3.12. The zero-order valence-corrected chi connectivity index (χ0v) is 7.05. The molecule has 0 aromatic heterocycles. The summed E-state index contributed by atoms with van der Waals surface area (Å²) in [6.45, 7) is 2.74. The van der Waals surface area contributed by atoms with Crippen LogP contribution in [0.1, 0.15) is 32.6 Å². The lowest BCUT2D eigenvalue weighted by atomic mass is 9.80. The molecule has 2 saturated heterocycles. The summed E-state index contributed by atoms with van der Waals surface area (Å²) >= 11 is 0. The molecule has 3 aliphatic rings. The summed E-state index contributed by atoms with van der Waals surface area (Å²) in [5.41, 5.74) is 0. The molecule has 3 rings (SSSR count). The van der Waals surface area contributed by atoms with Crippen LogP contribution in [0.3, 0.4) is 0 Å². The van der Waals surface area contributed by atoms with E-state index in [0.717, 1.165) is 12.5 Å². The molecule has 3 fully saturated rings. The molecule has 1 amide bonds.